The highest BCUT2D eigenvalue weighted by molar-refractivity contribution is 6.08. The Balaban J connectivity index is 1.22. The zero-order valence-electron chi connectivity index (χ0n) is 35.5. The minimum Gasteiger partial charge on any atom is -0.343 e. The van der Waals surface area contributed by atoms with Crippen molar-refractivity contribution in [3.63, 3.8) is 0 Å². The summed E-state index contributed by atoms with van der Waals surface area (Å²) in [5.41, 5.74) is 9.97. The van der Waals surface area contributed by atoms with Crippen LogP contribution in [0.3, 0.4) is 0 Å². The molecule has 2 saturated heterocycles. The molecule has 6 amide bonds. The second-order valence-electron chi connectivity index (χ2n) is 17.8. The van der Waals surface area contributed by atoms with Crippen LogP contribution in [0.25, 0.3) is 10.9 Å². The van der Waals surface area contributed by atoms with Crippen molar-refractivity contribution in [3.05, 3.63) is 138 Å². The first-order valence-corrected chi connectivity index (χ1v) is 21.7. The van der Waals surface area contributed by atoms with Crippen LogP contribution in [-0.2, 0) is 53.6 Å². The van der Waals surface area contributed by atoms with Crippen molar-refractivity contribution in [3.8, 4) is 0 Å². The summed E-state index contributed by atoms with van der Waals surface area (Å²) in [6, 6.07) is 28.0. The van der Waals surface area contributed by atoms with Gasteiger partial charge in [0.15, 0.2) is 0 Å². The average molecular weight is 849 g/mol. The van der Waals surface area contributed by atoms with Gasteiger partial charge in [0.05, 0.1) is 11.7 Å². The van der Waals surface area contributed by atoms with Gasteiger partial charge in [-0.2, -0.15) is 0 Å². The average Bonchev–Trinajstić information content (AvgIpc) is 3.89. The van der Waals surface area contributed by atoms with E-state index in [1.165, 1.54) is 6.92 Å². The van der Waals surface area contributed by atoms with E-state index in [4.69, 9.17) is 5.73 Å². The third-order valence-corrected chi connectivity index (χ3v) is 13.1. The molecule has 63 heavy (non-hydrogen) atoms. The molecule has 4 aromatic carbocycles. The van der Waals surface area contributed by atoms with Crippen molar-refractivity contribution in [2.45, 2.75) is 101 Å². The summed E-state index contributed by atoms with van der Waals surface area (Å²) in [4.78, 5) is 90.3. The Kier molecular flexibility index (Phi) is 10.9. The highest BCUT2D eigenvalue weighted by Gasteiger charge is 2.68. The Hall–Kier alpha value is -6.80. The molecule has 4 bridgehead atoms. The van der Waals surface area contributed by atoms with Crippen molar-refractivity contribution in [2.24, 2.45) is 11.7 Å². The number of carbonyl (C=O) groups excluding carboxylic acids is 6. The van der Waals surface area contributed by atoms with E-state index >= 15 is 4.79 Å². The molecule has 4 unspecified atom stereocenters. The number of para-hydroxylation sites is 2. The van der Waals surface area contributed by atoms with Crippen LogP contribution in [0.5, 0.6) is 0 Å². The van der Waals surface area contributed by atoms with Crippen LogP contribution < -0.4 is 31.9 Å². The van der Waals surface area contributed by atoms with Crippen molar-refractivity contribution >= 4 is 52.0 Å². The van der Waals surface area contributed by atoms with Gasteiger partial charge >= 0.3 is 0 Å². The number of nitrogens with two attached hydrogens (primary N) is 1. The molecule has 0 aliphatic carbocycles. The number of anilines is 1. The lowest BCUT2D eigenvalue weighted by molar-refractivity contribution is -0.147. The number of aromatic nitrogens is 1. The maximum absolute atomic E-state index is 15.2. The molecule has 9 rings (SSSR count). The van der Waals surface area contributed by atoms with Crippen molar-refractivity contribution < 1.29 is 28.8 Å². The summed E-state index contributed by atoms with van der Waals surface area (Å²) < 4.78 is 2.11. The normalized spacial score (nSPS) is 26.2. The summed E-state index contributed by atoms with van der Waals surface area (Å²) in [6.07, 6.45) is 1.95. The zero-order chi connectivity index (χ0) is 44.2. The van der Waals surface area contributed by atoms with Gasteiger partial charge in [-0.15, -0.1) is 0 Å². The van der Waals surface area contributed by atoms with Gasteiger partial charge < -0.3 is 36.5 Å². The summed E-state index contributed by atoms with van der Waals surface area (Å²) >= 11 is 0. The molecule has 4 aliphatic rings. The number of hydrogen-bond acceptors (Lipinski definition) is 7. The zero-order valence-corrected chi connectivity index (χ0v) is 35.5. The minimum atomic E-state index is -1.18. The summed E-state index contributed by atoms with van der Waals surface area (Å²) in [5, 5.41) is 12.4. The molecule has 5 aromatic rings. The lowest BCUT2D eigenvalue weighted by atomic mass is 9.78. The van der Waals surface area contributed by atoms with E-state index in [0.717, 1.165) is 27.6 Å². The molecule has 0 saturated carbocycles. The van der Waals surface area contributed by atoms with E-state index in [-0.39, 0.29) is 43.9 Å². The Morgan fingerprint density at radius 1 is 0.794 bits per heavy atom. The van der Waals surface area contributed by atoms with E-state index in [1.807, 2.05) is 129 Å². The maximum atomic E-state index is 15.2. The second-order valence-corrected chi connectivity index (χ2v) is 17.8. The molecule has 14 nitrogen and oxygen atoms in total. The quantitative estimate of drug-likeness (QED) is 0.159. The van der Waals surface area contributed by atoms with Gasteiger partial charge in [-0.3, -0.25) is 33.7 Å². The van der Waals surface area contributed by atoms with Crippen LogP contribution in [0.2, 0.25) is 0 Å². The first-order valence-electron chi connectivity index (χ1n) is 21.7. The highest BCUT2D eigenvalue weighted by Crippen LogP contribution is 2.57. The number of benzene rings is 4. The van der Waals surface area contributed by atoms with Crippen molar-refractivity contribution in [1.82, 2.24) is 30.7 Å². The van der Waals surface area contributed by atoms with E-state index in [0.29, 0.717) is 11.3 Å². The monoisotopic (exact) mass is 848 g/mol. The first kappa shape index (κ1) is 41.5. The smallest absolute Gasteiger partial charge is 0.252 e. The summed E-state index contributed by atoms with van der Waals surface area (Å²) in [7, 11) is 0. The third kappa shape index (κ3) is 7.31. The van der Waals surface area contributed by atoms with E-state index < -0.39 is 77.5 Å². The van der Waals surface area contributed by atoms with Gasteiger partial charge in [-0.1, -0.05) is 111 Å². The number of piperidine rings is 1. The topological polar surface area (TPSA) is 188 Å². The number of hydrogen-bond donors (Lipinski definition) is 5. The molecule has 4 aliphatic heterocycles. The number of amides is 6. The van der Waals surface area contributed by atoms with E-state index in [2.05, 4.69) is 25.8 Å². The molecule has 0 radical (unpaired) electrons. The van der Waals surface area contributed by atoms with Gasteiger partial charge in [0, 0.05) is 41.9 Å². The van der Waals surface area contributed by atoms with Crippen LogP contribution in [0.1, 0.15) is 55.9 Å². The van der Waals surface area contributed by atoms with Crippen LogP contribution >= 0.6 is 0 Å². The van der Waals surface area contributed by atoms with Gasteiger partial charge in [-0.25, -0.2) is 0 Å². The van der Waals surface area contributed by atoms with Gasteiger partial charge in [0.2, 0.25) is 29.5 Å². The molecule has 8 atom stereocenters. The number of carbonyl (C=O) groups is 6. The molecule has 6 N–H and O–H groups in total. The molecule has 324 valence electrons. The molecule has 1 spiro atoms. The SMILES string of the molecule is CC(C)C[C@@H]1NC(=O)[C@H](C)NC(=O)[C@@H](NC(=O)[C@@H](N)Cc2ccccc2)Cc2cn(c3ccccc23)C23CC(NC1=O)C(=O)N1C(Cc4ccccc4)C(=O)N(c4ccccc42)C13. The van der Waals surface area contributed by atoms with Crippen LogP contribution in [-0.4, -0.2) is 87.3 Å². The fraction of sp³-hybridized carbons (Fsp3) is 0.347. The standard InChI is InChI=1S/C49H52N8O6/c1-28(2)22-36-45(61)54-38-26-49(34-19-11-13-21-40(34)56-47(63)41(57(46(38)62)48(49)56)24-31-16-8-5-9-17-31)55-27-32(33-18-10-12-20-39(33)55)25-37(44(60)51-29(3)42(58)52-36)53-43(59)35(50)23-30-14-6-4-7-15-30/h4-21,27-29,35-38,41,48H,22-26,50H2,1-3H3,(H,51,60)(H,52,58)(H,53,59)(H,54,61)/t29-,35-,36-,37-,38?,41?,48?,49?/m0/s1. The lowest BCUT2D eigenvalue weighted by Crippen LogP contribution is -2.68. The predicted molar refractivity (Wildman–Crippen MR) is 237 cm³/mol. The third-order valence-electron chi connectivity index (χ3n) is 13.1. The number of nitrogens with zero attached hydrogens (tertiary/aromatic N) is 3. The van der Waals surface area contributed by atoms with Crippen molar-refractivity contribution in [2.75, 3.05) is 4.90 Å². The Labute approximate surface area is 365 Å². The molecular weight excluding hydrogens is 797 g/mol. The van der Waals surface area contributed by atoms with Crippen LogP contribution in [0.15, 0.2) is 115 Å². The Morgan fingerprint density at radius 2 is 1.46 bits per heavy atom. The van der Waals surface area contributed by atoms with E-state index in [1.54, 1.807) is 9.80 Å². The fourth-order valence-corrected chi connectivity index (χ4v) is 10.2. The Bertz CT molecular complexity index is 2610. The van der Waals surface area contributed by atoms with E-state index in [9.17, 15) is 24.0 Å². The first-order chi connectivity index (χ1) is 30.3. The number of fused-ring (bicyclic) bond motifs is 8. The van der Waals surface area contributed by atoms with Crippen LogP contribution in [0, 0.1) is 5.92 Å². The molecule has 1 aromatic heterocycles. The predicted octanol–water partition coefficient (Wildman–Crippen LogP) is 3.05. The van der Waals surface area contributed by atoms with Gasteiger partial charge in [-0.05, 0) is 54.5 Å². The van der Waals surface area contributed by atoms with Gasteiger partial charge in [0.25, 0.3) is 5.91 Å². The van der Waals surface area contributed by atoms with Crippen molar-refractivity contribution in [1.29, 1.82) is 0 Å². The minimum absolute atomic E-state index is 0.0118. The molecule has 14 heteroatoms. The second kappa shape index (κ2) is 16.5. The highest BCUT2D eigenvalue weighted by atomic mass is 16.2. The largest absolute Gasteiger partial charge is 0.343 e. The summed E-state index contributed by atoms with van der Waals surface area (Å²) in [5.74, 6) is -2.98. The van der Waals surface area contributed by atoms with Gasteiger partial charge in [0.1, 0.15) is 41.9 Å². The molecule has 5 heterocycles. The Morgan fingerprint density at radius 3 is 2.19 bits per heavy atom. The number of rotatable bonds is 8. The maximum Gasteiger partial charge on any atom is 0.252 e. The van der Waals surface area contributed by atoms with Crippen LogP contribution in [0.4, 0.5) is 5.69 Å². The molecule has 2 fully saturated rings. The lowest BCUT2D eigenvalue weighted by Gasteiger charge is -2.49. The molecular formula is C49H52N8O6. The summed E-state index contributed by atoms with van der Waals surface area (Å²) in [6.45, 7) is 5.36. The number of nitrogens with one attached hydrogen (secondary N) is 4. The fourth-order valence-electron chi connectivity index (χ4n) is 10.2.